The standard InChI is InChI=1S/C13H15FN4/c1-9-4-11(5-9)17-10-2-3-13(12(14)6-10)18-8-15-7-16-18/h2-3,6-9,11,17H,4-5H2,1H3. The van der Waals surface area contributed by atoms with Gasteiger partial charge < -0.3 is 5.32 Å². The van der Waals surface area contributed by atoms with Crippen molar-refractivity contribution >= 4 is 5.69 Å². The van der Waals surface area contributed by atoms with Gasteiger partial charge >= 0.3 is 0 Å². The largest absolute Gasteiger partial charge is 0.382 e. The molecule has 1 N–H and O–H groups in total. The Morgan fingerprint density at radius 3 is 2.83 bits per heavy atom. The van der Waals surface area contributed by atoms with Gasteiger partial charge in [0, 0.05) is 11.7 Å². The Hall–Kier alpha value is -1.91. The molecule has 1 fully saturated rings. The topological polar surface area (TPSA) is 42.7 Å². The third kappa shape index (κ3) is 2.08. The van der Waals surface area contributed by atoms with E-state index in [1.54, 1.807) is 6.07 Å². The number of aromatic nitrogens is 3. The lowest BCUT2D eigenvalue weighted by molar-refractivity contribution is 0.309. The third-order valence-corrected chi connectivity index (χ3v) is 3.36. The lowest BCUT2D eigenvalue weighted by Crippen LogP contribution is -2.33. The molecule has 1 aromatic carbocycles. The molecule has 18 heavy (non-hydrogen) atoms. The number of nitrogens with one attached hydrogen (secondary N) is 1. The van der Waals surface area contributed by atoms with Crippen LogP contribution in [0.1, 0.15) is 19.8 Å². The van der Waals surface area contributed by atoms with Gasteiger partial charge in [-0.2, -0.15) is 5.10 Å². The number of benzene rings is 1. The monoisotopic (exact) mass is 246 g/mol. The molecule has 1 aliphatic rings. The predicted octanol–water partition coefficient (Wildman–Crippen LogP) is 2.62. The van der Waals surface area contributed by atoms with Crippen molar-refractivity contribution in [2.45, 2.75) is 25.8 Å². The Morgan fingerprint density at radius 1 is 1.39 bits per heavy atom. The molecule has 0 bridgehead atoms. The highest BCUT2D eigenvalue weighted by Crippen LogP contribution is 2.30. The first kappa shape index (κ1) is 11.2. The number of nitrogens with zero attached hydrogens (tertiary/aromatic N) is 3. The van der Waals surface area contributed by atoms with Gasteiger partial charge in [-0.1, -0.05) is 6.92 Å². The van der Waals surface area contributed by atoms with Crippen molar-refractivity contribution in [3.05, 3.63) is 36.7 Å². The van der Waals surface area contributed by atoms with E-state index >= 15 is 0 Å². The fourth-order valence-electron chi connectivity index (χ4n) is 2.37. The Morgan fingerprint density at radius 2 is 2.22 bits per heavy atom. The average molecular weight is 246 g/mol. The van der Waals surface area contributed by atoms with E-state index < -0.39 is 0 Å². The van der Waals surface area contributed by atoms with Crippen LogP contribution in [-0.4, -0.2) is 20.8 Å². The lowest BCUT2D eigenvalue weighted by Gasteiger charge is -2.34. The highest BCUT2D eigenvalue weighted by molar-refractivity contribution is 5.50. The first-order valence-corrected chi connectivity index (χ1v) is 6.13. The van der Waals surface area contributed by atoms with Crippen molar-refractivity contribution in [3.63, 3.8) is 0 Å². The van der Waals surface area contributed by atoms with Gasteiger partial charge in [0.05, 0.1) is 0 Å². The minimum absolute atomic E-state index is 0.294. The molecule has 1 heterocycles. The molecule has 5 heteroatoms. The predicted molar refractivity (Wildman–Crippen MR) is 67.1 cm³/mol. The van der Waals surface area contributed by atoms with Gasteiger partial charge in [-0.15, -0.1) is 0 Å². The van der Waals surface area contributed by atoms with Gasteiger partial charge in [0.1, 0.15) is 18.3 Å². The fraction of sp³-hybridized carbons (Fsp3) is 0.385. The van der Waals surface area contributed by atoms with Crippen LogP contribution in [0.2, 0.25) is 0 Å². The molecule has 0 atom stereocenters. The van der Waals surface area contributed by atoms with E-state index in [0.717, 1.165) is 24.4 Å². The Balaban J connectivity index is 1.77. The van der Waals surface area contributed by atoms with E-state index in [1.165, 1.54) is 23.4 Å². The first-order chi connectivity index (χ1) is 8.72. The van der Waals surface area contributed by atoms with Crippen LogP contribution in [0.15, 0.2) is 30.9 Å². The van der Waals surface area contributed by atoms with Crippen molar-refractivity contribution in [1.82, 2.24) is 14.8 Å². The number of anilines is 1. The molecule has 2 aromatic rings. The minimum Gasteiger partial charge on any atom is -0.382 e. The maximum atomic E-state index is 13.9. The molecule has 94 valence electrons. The number of rotatable bonds is 3. The highest BCUT2D eigenvalue weighted by atomic mass is 19.1. The summed E-state index contributed by atoms with van der Waals surface area (Å²) in [5.41, 5.74) is 1.24. The highest BCUT2D eigenvalue weighted by Gasteiger charge is 2.25. The smallest absolute Gasteiger partial charge is 0.150 e. The molecule has 0 aliphatic heterocycles. The normalized spacial score (nSPS) is 22.6. The number of halogens is 1. The molecular weight excluding hydrogens is 231 g/mol. The van der Waals surface area contributed by atoms with Crippen LogP contribution in [0, 0.1) is 11.7 Å². The Kier molecular flexibility index (Phi) is 2.74. The molecule has 1 saturated carbocycles. The Labute approximate surface area is 105 Å². The summed E-state index contributed by atoms with van der Waals surface area (Å²) in [5, 5.41) is 7.26. The maximum Gasteiger partial charge on any atom is 0.150 e. The summed E-state index contributed by atoms with van der Waals surface area (Å²) in [5.74, 6) is 0.486. The maximum absolute atomic E-state index is 13.9. The molecule has 0 amide bonds. The summed E-state index contributed by atoms with van der Waals surface area (Å²) in [6.45, 7) is 2.23. The van der Waals surface area contributed by atoms with Gasteiger partial charge in [0.25, 0.3) is 0 Å². The third-order valence-electron chi connectivity index (χ3n) is 3.36. The zero-order chi connectivity index (χ0) is 12.5. The summed E-state index contributed by atoms with van der Waals surface area (Å²) >= 11 is 0. The van der Waals surface area contributed by atoms with Gasteiger partial charge in [-0.3, -0.25) is 0 Å². The van der Waals surface area contributed by atoms with Gasteiger partial charge in [-0.05, 0) is 37.0 Å². The van der Waals surface area contributed by atoms with Crippen molar-refractivity contribution in [2.24, 2.45) is 5.92 Å². The van der Waals surface area contributed by atoms with E-state index in [9.17, 15) is 4.39 Å². The van der Waals surface area contributed by atoms with Crippen LogP contribution in [0.4, 0.5) is 10.1 Å². The molecule has 1 aromatic heterocycles. The molecule has 0 unspecified atom stereocenters. The van der Waals surface area contributed by atoms with E-state index in [1.807, 2.05) is 6.07 Å². The average Bonchev–Trinajstić information content (AvgIpc) is 2.80. The van der Waals surface area contributed by atoms with Gasteiger partial charge in [0.2, 0.25) is 0 Å². The summed E-state index contributed by atoms with van der Waals surface area (Å²) in [6.07, 6.45) is 5.19. The van der Waals surface area contributed by atoms with E-state index in [-0.39, 0.29) is 5.82 Å². The molecule has 0 spiro atoms. The quantitative estimate of drug-likeness (QED) is 0.905. The van der Waals surface area contributed by atoms with E-state index in [2.05, 4.69) is 22.3 Å². The van der Waals surface area contributed by atoms with Crippen LogP contribution < -0.4 is 5.32 Å². The van der Waals surface area contributed by atoms with Crippen LogP contribution in [0.3, 0.4) is 0 Å². The Bertz CT molecular complexity index is 532. The first-order valence-electron chi connectivity index (χ1n) is 6.13. The summed E-state index contributed by atoms with van der Waals surface area (Å²) < 4.78 is 15.4. The lowest BCUT2D eigenvalue weighted by atomic mass is 9.82. The van der Waals surface area contributed by atoms with Crippen molar-refractivity contribution < 1.29 is 4.39 Å². The molecular formula is C13H15FN4. The molecule has 1 aliphatic carbocycles. The number of hydrogen-bond acceptors (Lipinski definition) is 3. The molecule has 0 saturated heterocycles. The zero-order valence-electron chi connectivity index (χ0n) is 10.2. The number of hydrogen-bond donors (Lipinski definition) is 1. The summed E-state index contributed by atoms with van der Waals surface area (Å²) in [4.78, 5) is 3.81. The fourth-order valence-corrected chi connectivity index (χ4v) is 2.37. The second-order valence-electron chi connectivity index (χ2n) is 4.92. The van der Waals surface area contributed by atoms with Crippen molar-refractivity contribution in [2.75, 3.05) is 5.32 Å². The van der Waals surface area contributed by atoms with Crippen LogP contribution in [0.25, 0.3) is 5.69 Å². The molecule has 4 nitrogen and oxygen atoms in total. The molecule has 3 rings (SSSR count). The second kappa shape index (κ2) is 4.40. The second-order valence-corrected chi connectivity index (χ2v) is 4.92. The van der Waals surface area contributed by atoms with E-state index in [0.29, 0.717) is 11.7 Å². The zero-order valence-corrected chi connectivity index (χ0v) is 10.2. The van der Waals surface area contributed by atoms with Crippen LogP contribution in [-0.2, 0) is 0 Å². The SMILES string of the molecule is CC1CC(Nc2ccc(-n3cncn3)c(F)c2)C1. The van der Waals surface area contributed by atoms with Crippen molar-refractivity contribution in [1.29, 1.82) is 0 Å². The van der Waals surface area contributed by atoms with Crippen LogP contribution in [0.5, 0.6) is 0 Å². The van der Waals surface area contributed by atoms with Crippen LogP contribution >= 0.6 is 0 Å². The van der Waals surface area contributed by atoms with Gasteiger partial charge in [0.15, 0.2) is 5.82 Å². The van der Waals surface area contributed by atoms with Crippen molar-refractivity contribution in [3.8, 4) is 5.69 Å². The summed E-state index contributed by atoms with van der Waals surface area (Å²) in [7, 11) is 0. The molecule has 0 radical (unpaired) electrons. The van der Waals surface area contributed by atoms with Gasteiger partial charge in [-0.25, -0.2) is 14.1 Å². The summed E-state index contributed by atoms with van der Waals surface area (Å²) in [6, 6.07) is 5.59. The van der Waals surface area contributed by atoms with E-state index in [4.69, 9.17) is 0 Å². The minimum atomic E-state index is -0.294.